The molecule has 0 saturated carbocycles. The highest BCUT2D eigenvalue weighted by Crippen LogP contribution is 2.31. The molecule has 0 radical (unpaired) electrons. The smallest absolute Gasteiger partial charge is 0.240 e. The number of carbonyl (C=O) groups excluding carboxylic acids is 2. The van der Waals surface area contributed by atoms with Crippen molar-refractivity contribution < 1.29 is 9.59 Å². The van der Waals surface area contributed by atoms with Gasteiger partial charge in [-0.3, -0.25) is 9.59 Å². The van der Waals surface area contributed by atoms with Crippen LogP contribution < -0.4 is 5.73 Å². The van der Waals surface area contributed by atoms with E-state index in [0.717, 1.165) is 29.7 Å². The predicted octanol–water partition coefficient (Wildman–Crippen LogP) is 4.55. The molecular formula is C24H33N3O2S. The quantitative estimate of drug-likeness (QED) is 0.734. The molecule has 30 heavy (non-hydrogen) atoms. The number of aryl methyl sites for hydroxylation is 1. The van der Waals surface area contributed by atoms with Gasteiger partial charge in [-0.15, -0.1) is 11.3 Å². The number of amides is 1. The van der Waals surface area contributed by atoms with Crippen molar-refractivity contribution in [3.63, 3.8) is 0 Å². The van der Waals surface area contributed by atoms with Gasteiger partial charge >= 0.3 is 0 Å². The van der Waals surface area contributed by atoms with Crippen LogP contribution in [-0.4, -0.2) is 40.2 Å². The molecule has 5 nitrogen and oxygen atoms in total. The molecule has 1 saturated heterocycles. The average molecular weight is 428 g/mol. The van der Waals surface area contributed by atoms with Crippen LogP contribution in [0.5, 0.6) is 0 Å². The lowest BCUT2D eigenvalue weighted by atomic mass is 9.86. The number of likely N-dealkylation sites (tertiary alicyclic amines) is 1. The monoisotopic (exact) mass is 427 g/mol. The first kappa shape index (κ1) is 22.6. The van der Waals surface area contributed by atoms with E-state index < -0.39 is 6.04 Å². The molecule has 1 fully saturated rings. The van der Waals surface area contributed by atoms with Crippen molar-refractivity contribution in [3.8, 4) is 10.4 Å². The van der Waals surface area contributed by atoms with E-state index in [0.29, 0.717) is 13.0 Å². The molecule has 0 aliphatic carbocycles. The minimum atomic E-state index is -0.592. The predicted molar refractivity (Wildman–Crippen MR) is 122 cm³/mol. The molecule has 1 aromatic carbocycles. The number of benzene rings is 1. The van der Waals surface area contributed by atoms with Gasteiger partial charge in [0.05, 0.1) is 28.2 Å². The number of rotatable bonds is 6. The zero-order valence-electron chi connectivity index (χ0n) is 18.6. The van der Waals surface area contributed by atoms with Crippen LogP contribution >= 0.6 is 11.3 Å². The third-order valence-corrected chi connectivity index (χ3v) is 7.08. The fourth-order valence-electron chi connectivity index (χ4n) is 4.01. The summed E-state index contributed by atoms with van der Waals surface area (Å²) in [5.74, 6) is 0.134. The Labute approximate surface area is 183 Å². The topological polar surface area (TPSA) is 76.3 Å². The van der Waals surface area contributed by atoms with Crippen molar-refractivity contribution in [2.45, 2.75) is 71.9 Å². The molecule has 0 spiro atoms. The van der Waals surface area contributed by atoms with Crippen molar-refractivity contribution in [3.05, 3.63) is 41.0 Å². The normalized spacial score (nSPS) is 19.0. The lowest BCUT2D eigenvalue weighted by molar-refractivity contribution is -0.140. The Bertz CT molecular complexity index is 898. The molecular weight excluding hydrogens is 394 g/mol. The second-order valence-electron chi connectivity index (χ2n) is 9.49. The average Bonchev–Trinajstić information content (AvgIpc) is 3.35. The minimum Gasteiger partial charge on any atom is -0.331 e. The Morgan fingerprint density at radius 1 is 1.27 bits per heavy atom. The number of nitrogens with zero attached hydrogens (tertiary/aromatic N) is 2. The van der Waals surface area contributed by atoms with Gasteiger partial charge in [-0.05, 0) is 42.2 Å². The molecule has 2 heterocycles. The Balaban J connectivity index is 1.66. The van der Waals surface area contributed by atoms with Gasteiger partial charge in [0.2, 0.25) is 5.91 Å². The molecule has 1 aromatic heterocycles. The van der Waals surface area contributed by atoms with Crippen molar-refractivity contribution in [1.82, 2.24) is 9.88 Å². The van der Waals surface area contributed by atoms with Crippen LogP contribution in [0, 0.1) is 12.3 Å². The number of thiazole rings is 1. The molecule has 1 aliphatic heterocycles. The molecule has 0 bridgehead atoms. The van der Waals surface area contributed by atoms with Crippen molar-refractivity contribution >= 4 is 23.0 Å². The van der Waals surface area contributed by atoms with E-state index in [1.165, 1.54) is 4.88 Å². The van der Waals surface area contributed by atoms with Crippen LogP contribution in [0.2, 0.25) is 0 Å². The summed E-state index contributed by atoms with van der Waals surface area (Å²) in [5.41, 5.74) is 11.1. The summed E-state index contributed by atoms with van der Waals surface area (Å²) in [6.45, 7) is 10.6. The summed E-state index contributed by atoms with van der Waals surface area (Å²) in [4.78, 5) is 33.2. The molecule has 3 unspecified atom stereocenters. The fraction of sp³-hybridized carbons (Fsp3) is 0.542. The van der Waals surface area contributed by atoms with Gasteiger partial charge in [0.1, 0.15) is 0 Å². The summed E-state index contributed by atoms with van der Waals surface area (Å²) in [7, 11) is 0. The van der Waals surface area contributed by atoms with Gasteiger partial charge in [0.25, 0.3) is 0 Å². The van der Waals surface area contributed by atoms with E-state index in [1.54, 1.807) is 16.2 Å². The molecule has 2 aromatic rings. The second-order valence-corrected chi connectivity index (χ2v) is 10.3. The van der Waals surface area contributed by atoms with Crippen molar-refractivity contribution in [2.24, 2.45) is 11.1 Å². The van der Waals surface area contributed by atoms with E-state index in [1.807, 2.05) is 33.2 Å². The van der Waals surface area contributed by atoms with Crippen LogP contribution in [0.15, 0.2) is 29.8 Å². The van der Waals surface area contributed by atoms with Crippen LogP contribution in [0.3, 0.4) is 0 Å². The molecule has 6 heteroatoms. The highest BCUT2D eigenvalue weighted by molar-refractivity contribution is 7.13. The maximum Gasteiger partial charge on any atom is 0.240 e. The maximum atomic E-state index is 13.1. The summed E-state index contributed by atoms with van der Waals surface area (Å²) < 4.78 is 0. The van der Waals surface area contributed by atoms with Crippen molar-refractivity contribution in [2.75, 3.05) is 6.54 Å². The Hall–Kier alpha value is -2.05. The molecule has 3 atom stereocenters. The second kappa shape index (κ2) is 8.98. The first-order valence-corrected chi connectivity index (χ1v) is 11.6. The van der Waals surface area contributed by atoms with Crippen molar-refractivity contribution in [1.29, 1.82) is 0 Å². The number of aromatic nitrogens is 1. The lowest BCUT2D eigenvalue weighted by Gasteiger charge is -2.32. The number of ketones is 1. The summed E-state index contributed by atoms with van der Waals surface area (Å²) in [6.07, 6.45) is 2.02. The van der Waals surface area contributed by atoms with Gasteiger partial charge in [0.15, 0.2) is 5.78 Å². The van der Waals surface area contributed by atoms with E-state index in [9.17, 15) is 9.59 Å². The minimum absolute atomic E-state index is 0.1000. The molecule has 162 valence electrons. The number of hydrogen-bond acceptors (Lipinski definition) is 5. The van der Waals surface area contributed by atoms with Gasteiger partial charge in [0, 0.05) is 13.0 Å². The van der Waals surface area contributed by atoms with E-state index in [2.05, 4.69) is 36.2 Å². The van der Waals surface area contributed by atoms with Gasteiger partial charge < -0.3 is 10.6 Å². The number of hydrogen-bond donors (Lipinski definition) is 1. The SMILES string of the molecule is Cc1ncsc1-c1ccc(C(C)CC(=O)C2CCCN2C(=O)C(N)C(C)(C)C)cc1. The lowest BCUT2D eigenvalue weighted by Crippen LogP contribution is -2.53. The molecule has 1 aliphatic rings. The summed E-state index contributed by atoms with van der Waals surface area (Å²) in [5, 5.41) is 0. The zero-order chi connectivity index (χ0) is 22.1. The Kier molecular flexibility index (Phi) is 6.78. The first-order valence-electron chi connectivity index (χ1n) is 10.7. The highest BCUT2D eigenvalue weighted by Gasteiger charge is 2.39. The summed E-state index contributed by atoms with van der Waals surface area (Å²) >= 11 is 1.64. The Morgan fingerprint density at radius 2 is 1.93 bits per heavy atom. The van der Waals surface area contributed by atoms with Crippen LogP contribution in [-0.2, 0) is 9.59 Å². The third kappa shape index (κ3) is 4.81. The van der Waals surface area contributed by atoms with Gasteiger partial charge in [-0.1, -0.05) is 52.0 Å². The van der Waals surface area contributed by atoms with E-state index in [-0.39, 0.29) is 29.1 Å². The van der Waals surface area contributed by atoms with Gasteiger partial charge in [-0.2, -0.15) is 0 Å². The summed E-state index contributed by atoms with van der Waals surface area (Å²) in [6, 6.07) is 7.47. The van der Waals surface area contributed by atoms with Crippen LogP contribution in [0.25, 0.3) is 10.4 Å². The number of carbonyl (C=O) groups is 2. The van der Waals surface area contributed by atoms with E-state index in [4.69, 9.17) is 5.73 Å². The maximum absolute atomic E-state index is 13.1. The third-order valence-electron chi connectivity index (χ3n) is 6.10. The first-order chi connectivity index (χ1) is 14.1. The zero-order valence-corrected chi connectivity index (χ0v) is 19.5. The molecule has 1 amide bonds. The van der Waals surface area contributed by atoms with Crippen LogP contribution in [0.4, 0.5) is 0 Å². The standard InChI is InChI=1S/C24H33N3O2S/c1-15(17-8-10-18(11-9-17)21-16(2)26-14-30-21)13-20(28)19-7-6-12-27(19)23(29)22(25)24(3,4)5/h8-11,14-15,19,22H,6-7,12-13,25H2,1-5H3. The number of nitrogens with two attached hydrogens (primary N) is 1. The molecule has 3 rings (SSSR count). The van der Waals surface area contributed by atoms with E-state index >= 15 is 0 Å². The highest BCUT2D eigenvalue weighted by atomic mass is 32.1. The Morgan fingerprint density at radius 3 is 2.50 bits per heavy atom. The van der Waals surface area contributed by atoms with Gasteiger partial charge in [-0.25, -0.2) is 4.98 Å². The fourth-order valence-corrected chi connectivity index (χ4v) is 4.82. The molecule has 2 N–H and O–H groups in total. The van der Waals surface area contributed by atoms with Crippen LogP contribution in [0.1, 0.15) is 64.1 Å². The number of Topliss-reactive ketones (excluding diaryl/α,β-unsaturated/α-hetero) is 1. The largest absolute Gasteiger partial charge is 0.331 e.